The molecule has 0 radical (unpaired) electrons. The number of aliphatic hydroxyl groups excluding tert-OH is 2. The molecule has 5 nitrogen and oxygen atoms in total. The maximum atomic E-state index is 11.7. The summed E-state index contributed by atoms with van der Waals surface area (Å²) >= 11 is 0. The first kappa shape index (κ1) is 11.9. The summed E-state index contributed by atoms with van der Waals surface area (Å²) in [5, 5.41) is 18.5. The molecule has 0 aromatic rings. The third-order valence-electron chi connectivity index (χ3n) is 2.82. The smallest absolute Gasteiger partial charge is 0.257 e. The maximum Gasteiger partial charge on any atom is 0.257 e. The third-order valence-corrected chi connectivity index (χ3v) is 2.82. The minimum atomic E-state index is -1.18. The molecule has 0 bridgehead atoms. The number of hydrogen-bond donors (Lipinski definition) is 2. The van der Waals surface area contributed by atoms with Gasteiger partial charge in [0.25, 0.3) is 11.8 Å². The molecule has 0 atom stereocenters. The van der Waals surface area contributed by atoms with Crippen molar-refractivity contribution in [1.29, 1.82) is 0 Å². The molecule has 2 N–H and O–H groups in total. The fraction of sp³-hybridized carbons (Fsp3) is 0.600. The van der Waals surface area contributed by atoms with Gasteiger partial charge >= 0.3 is 0 Å². The number of amides is 2. The Hall–Kier alpha value is -1.20. The molecule has 0 unspecified atom stereocenters. The van der Waals surface area contributed by atoms with Gasteiger partial charge in [0.1, 0.15) is 0 Å². The number of hydrogen-bond acceptors (Lipinski definition) is 4. The highest BCUT2D eigenvalue weighted by Gasteiger charge is 2.44. The lowest BCUT2D eigenvalue weighted by molar-refractivity contribution is -0.149. The highest BCUT2D eigenvalue weighted by atomic mass is 16.3. The minimum absolute atomic E-state index is 0.318. The van der Waals surface area contributed by atoms with Crippen LogP contribution in [0.15, 0.2) is 11.6 Å². The van der Waals surface area contributed by atoms with Gasteiger partial charge < -0.3 is 10.2 Å². The van der Waals surface area contributed by atoms with Gasteiger partial charge in [-0.1, -0.05) is 6.92 Å². The van der Waals surface area contributed by atoms with Crippen molar-refractivity contribution in [2.45, 2.75) is 25.8 Å². The SMILES string of the molecule is CCC(CO)(CO)N1C(=O)C=C(C)C1=O. The van der Waals surface area contributed by atoms with Gasteiger partial charge in [0.15, 0.2) is 0 Å². The maximum absolute atomic E-state index is 11.7. The van der Waals surface area contributed by atoms with Crippen LogP contribution in [0.3, 0.4) is 0 Å². The molecule has 84 valence electrons. The molecule has 1 heterocycles. The minimum Gasteiger partial charge on any atom is -0.394 e. The molecule has 0 aromatic heterocycles. The van der Waals surface area contributed by atoms with Crippen LogP contribution in [0.25, 0.3) is 0 Å². The van der Waals surface area contributed by atoms with Crippen molar-refractivity contribution in [3.63, 3.8) is 0 Å². The quantitative estimate of drug-likeness (QED) is 0.613. The van der Waals surface area contributed by atoms with E-state index < -0.39 is 30.6 Å². The fourth-order valence-corrected chi connectivity index (χ4v) is 1.61. The van der Waals surface area contributed by atoms with E-state index in [1.165, 1.54) is 13.0 Å². The number of aliphatic hydroxyl groups is 2. The second-order valence-corrected chi connectivity index (χ2v) is 3.70. The molecule has 15 heavy (non-hydrogen) atoms. The van der Waals surface area contributed by atoms with E-state index in [1.807, 2.05) is 0 Å². The molecule has 1 aliphatic heterocycles. The molecule has 2 amide bonds. The number of nitrogens with zero attached hydrogens (tertiary/aromatic N) is 1. The van der Waals surface area contributed by atoms with E-state index in [2.05, 4.69) is 0 Å². The van der Waals surface area contributed by atoms with Crippen LogP contribution in [0.4, 0.5) is 0 Å². The lowest BCUT2D eigenvalue weighted by Crippen LogP contribution is -2.56. The lowest BCUT2D eigenvalue weighted by atomic mass is 9.96. The standard InChI is InChI=1S/C10H15NO4/c1-3-10(5-12,6-13)11-8(14)4-7(2)9(11)15/h4,12-13H,3,5-6H2,1-2H3. The molecule has 1 rings (SSSR count). The summed E-state index contributed by atoms with van der Waals surface area (Å²) in [7, 11) is 0. The van der Waals surface area contributed by atoms with Gasteiger partial charge in [-0.3, -0.25) is 14.5 Å². The van der Waals surface area contributed by atoms with Crippen LogP contribution in [0.1, 0.15) is 20.3 Å². The van der Waals surface area contributed by atoms with Gasteiger partial charge in [-0.15, -0.1) is 0 Å². The Morgan fingerprint density at radius 1 is 1.33 bits per heavy atom. The van der Waals surface area contributed by atoms with Gasteiger partial charge in [0.2, 0.25) is 0 Å². The highest BCUT2D eigenvalue weighted by molar-refractivity contribution is 6.16. The van der Waals surface area contributed by atoms with Crippen LogP contribution < -0.4 is 0 Å². The largest absolute Gasteiger partial charge is 0.394 e. The monoisotopic (exact) mass is 213 g/mol. The van der Waals surface area contributed by atoms with Crippen molar-refractivity contribution >= 4 is 11.8 Å². The van der Waals surface area contributed by atoms with E-state index in [1.54, 1.807) is 6.92 Å². The van der Waals surface area contributed by atoms with Gasteiger partial charge in [-0.25, -0.2) is 0 Å². The van der Waals surface area contributed by atoms with Gasteiger partial charge in [-0.05, 0) is 13.3 Å². The zero-order valence-electron chi connectivity index (χ0n) is 8.86. The molecular formula is C10H15NO4. The number of imide groups is 1. The average Bonchev–Trinajstić information content (AvgIpc) is 2.48. The summed E-state index contributed by atoms with van der Waals surface area (Å²) < 4.78 is 0. The van der Waals surface area contributed by atoms with Crippen LogP contribution in [-0.2, 0) is 9.59 Å². The van der Waals surface area contributed by atoms with Gasteiger partial charge in [-0.2, -0.15) is 0 Å². The first-order valence-corrected chi connectivity index (χ1v) is 4.81. The Kier molecular flexibility index (Phi) is 3.26. The summed E-state index contributed by atoms with van der Waals surface area (Å²) in [6.07, 6.45) is 1.54. The van der Waals surface area contributed by atoms with Crippen LogP contribution in [-0.4, -0.2) is 45.7 Å². The molecule has 0 saturated heterocycles. The zero-order chi connectivity index (χ0) is 11.6. The van der Waals surface area contributed by atoms with E-state index in [0.29, 0.717) is 12.0 Å². The Morgan fingerprint density at radius 3 is 2.13 bits per heavy atom. The predicted octanol–water partition coefficient (Wildman–Crippen LogP) is -0.565. The molecule has 1 aliphatic rings. The van der Waals surface area contributed by atoms with Crippen molar-refractivity contribution in [3.05, 3.63) is 11.6 Å². The predicted molar refractivity (Wildman–Crippen MR) is 52.8 cm³/mol. The average molecular weight is 213 g/mol. The molecule has 0 aliphatic carbocycles. The Morgan fingerprint density at radius 2 is 1.87 bits per heavy atom. The summed E-state index contributed by atoms with van der Waals surface area (Å²) in [5.41, 5.74) is -0.845. The Labute approximate surface area is 88.0 Å². The van der Waals surface area contributed by atoms with E-state index in [0.717, 1.165) is 4.90 Å². The summed E-state index contributed by atoms with van der Waals surface area (Å²) in [6.45, 7) is 2.38. The topological polar surface area (TPSA) is 77.8 Å². The van der Waals surface area contributed by atoms with Crippen molar-refractivity contribution in [2.75, 3.05) is 13.2 Å². The fourth-order valence-electron chi connectivity index (χ4n) is 1.61. The summed E-state index contributed by atoms with van der Waals surface area (Å²) in [6, 6.07) is 0. The van der Waals surface area contributed by atoms with E-state index in [-0.39, 0.29) is 0 Å². The first-order valence-electron chi connectivity index (χ1n) is 4.81. The summed E-state index contributed by atoms with van der Waals surface area (Å²) in [4.78, 5) is 24.1. The molecule has 0 fully saturated rings. The molecule has 0 aromatic carbocycles. The van der Waals surface area contributed by atoms with E-state index in [9.17, 15) is 19.8 Å². The lowest BCUT2D eigenvalue weighted by Gasteiger charge is -2.36. The second kappa shape index (κ2) is 4.12. The molecule has 5 heteroatoms. The second-order valence-electron chi connectivity index (χ2n) is 3.70. The van der Waals surface area contributed by atoms with Crippen LogP contribution in [0.5, 0.6) is 0 Å². The van der Waals surface area contributed by atoms with Gasteiger partial charge in [0.05, 0.1) is 18.8 Å². The highest BCUT2D eigenvalue weighted by Crippen LogP contribution is 2.25. The summed E-state index contributed by atoms with van der Waals surface area (Å²) in [5.74, 6) is -0.910. The Bertz CT molecular complexity index is 309. The van der Waals surface area contributed by atoms with Crippen molar-refractivity contribution in [3.8, 4) is 0 Å². The molecule has 0 saturated carbocycles. The van der Waals surface area contributed by atoms with E-state index in [4.69, 9.17) is 0 Å². The Balaban J connectivity index is 3.07. The number of carbonyl (C=O) groups excluding carboxylic acids is 2. The van der Waals surface area contributed by atoms with Crippen molar-refractivity contribution in [1.82, 2.24) is 4.90 Å². The van der Waals surface area contributed by atoms with Crippen LogP contribution in [0, 0.1) is 0 Å². The first-order chi connectivity index (χ1) is 7.02. The number of carbonyl (C=O) groups is 2. The van der Waals surface area contributed by atoms with E-state index >= 15 is 0 Å². The third kappa shape index (κ3) is 1.68. The molecular weight excluding hydrogens is 198 g/mol. The normalized spacial score (nSPS) is 17.3. The zero-order valence-corrected chi connectivity index (χ0v) is 8.86. The van der Waals surface area contributed by atoms with Crippen molar-refractivity contribution < 1.29 is 19.8 Å². The number of rotatable bonds is 4. The molecule has 0 spiro atoms. The van der Waals surface area contributed by atoms with Crippen LogP contribution >= 0.6 is 0 Å². The van der Waals surface area contributed by atoms with Crippen molar-refractivity contribution in [2.24, 2.45) is 0 Å². The van der Waals surface area contributed by atoms with Gasteiger partial charge in [0, 0.05) is 11.6 Å². The van der Waals surface area contributed by atoms with Crippen LogP contribution in [0.2, 0.25) is 0 Å².